The van der Waals surface area contributed by atoms with E-state index in [0.717, 1.165) is 5.56 Å². The van der Waals surface area contributed by atoms with Crippen LogP contribution in [0.3, 0.4) is 0 Å². The van der Waals surface area contributed by atoms with E-state index in [1.807, 2.05) is 18.2 Å². The highest BCUT2D eigenvalue weighted by molar-refractivity contribution is 6.35. The van der Waals surface area contributed by atoms with Crippen molar-refractivity contribution in [2.24, 2.45) is 7.05 Å². The minimum atomic E-state index is -0.174. The smallest absolute Gasteiger partial charge is 0.228 e. The maximum atomic E-state index is 12.2. The quantitative estimate of drug-likeness (QED) is 0.773. The topological polar surface area (TPSA) is 72.7 Å². The Balaban J connectivity index is 1.74. The van der Waals surface area contributed by atoms with Crippen LogP contribution in [0.25, 0.3) is 11.4 Å². The van der Waals surface area contributed by atoms with Crippen LogP contribution in [0.2, 0.25) is 10.0 Å². The third-order valence-corrected chi connectivity index (χ3v) is 3.98. The third-order valence-electron chi connectivity index (χ3n) is 3.39. The molecule has 2 aromatic carbocycles. The molecule has 8 heteroatoms. The highest BCUT2D eigenvalue weighted by atomic mass is 35.5. The molecule has 0 atom stereocenters. The summed E-state index contributed by atoms with van der Waals surface area (Å²) in [5.41, 5.74) is 2.18. The summed E-state index contributed by atoms with van der Waals surface area (Å²) < 4.78 is 1.56. The van der Waals surface area contributed by atoms with E-state index in [4.69, 9.17) is 23.2 Å². The first kappa shape index (κ1) is 16.4. The van der Waals surface area contributed by atoms with Gasteiger partial charge in [-0.3, -0.25) is 4.79 Å². The summed E-state index contributed by atoms with van der Waals surface area (Å²) in [5.74, 6) is 0.444. The van der Waals surface area contributed by atoms with Gasteiger partial charge in [0.25, 0.3) is 0 Å². The molecule has 0 bridgehead atoms. The molecular formula is C16H13Cl2N5O. The summed E-state index contributed by atoms with van der Waals surface area (Å²) >= 11 is 12.0. The third kappa shape index (κ3) is 3.72. The number of nitrogens with zero attached hydrogens (tertiary/aromatic N) is 4. The molecule has 0 saturated heterocycles. The highest BCUT2D eigenvalue weighted by Crippen LogP contribution is 2.23. The Morgan fingerprint density at radius 3 is 2.75 bits per heavy atom. The van der Waals surface area contributed by atoms with E-state index in [1.165, 1.54) is 0 Å². The minimum absolute atomic E-state index is 0.158. The zero-order valence-electron chi connectivity index (χ0n) is 12.7. The van der Waals surface area contributed by atoms with Crippen LogP contribution in [0.15, 0.2) is 42.5 Å². The summed E-state index contributed by atoms with van der Waals surface area (Å²) in [5, 5.41) is 15.2. The molecule has 3 rings (SSSR count). The van der Waals surface area contributed by atoms with E-state index < -0.39 is 0 Å². The normalized spacial score (nSPS) is 10.6. The second-order valence-electron chi connectivity index (χ2n) is 5.17. The number of tetrazole rings is 1. The molecule has 3 aromatic rings. The van der Waals surface area contributed by atoms with Crippen molar-refractivity contribution in [3.63, 3.8) is 0 Å². The van der Waals surface area contributed by atoms with Crippen LogP contribution in [0.1, 0.15) is 5.56 Å². The molecule has 24 heavy (non-hydrogen) atoms. The van der Waals surface area contributed by atoms with Gasteiger partial charge in [-0.15, -0.1) is 5.10 Å². The van der Waals surface area contributed by atoms with Gasteiger partial charge in [0.15, 0.2) is 5.82 Å². The van der Waals surface area contributed by atoms with Gasteiger partial charge in [0.2, 0.25) is 5.91 Å². The van der Waals surface area contributed by atoms with E-state index in [0.29, 0.717) is 27.1 Å². The van der Waals surface area contributed by atoms with E-state index in [1.54, 1.807) is 36.0 Å². The van der Waals surface area contributed by atoms with Crippen LogP contribution in [-0.2, 0) is 18.3 Å². The SMILES string of the molecule is Cn1nnnc1-c1cccc(NC(=O)Cc2ccc(Cl)cc2Cl)c1. The monoisotopic (exact) mass is 361 g/mol. The number of rotatable bonds is 4. The van der Waals surface area contributed by atoms with E-state index >= 15 is 0 Å². The van der Waals surface area contributed by atoms with Gasteiger partial charge in [0, 0.05) is 28.3 Å². The van der Waals surface area contributed by atoms with Crippen LogP contribution < -0.4 is 5.32 Å². The molecule has 122 valence electrons. The average molecular weight is 362 g/mol. The molecule has 1 amide bonds. The summed E-state index contributed by atoms with van der Waals surface area (Å²) in [6.07, 6.45) is 0.158. The van der Waals surface area contributed by atoms with Gasteiger partial charge >= 0.3 is 0 Å². The molecule has 0 radical (unpaired) electrons. The van der Waals surface area contributed by atoms with Crippen molar-refractivity contribution < 1.29 is 4.79 Å². The first-order chi connectivity index (χ1) is 11.5. The first-order valence-corrected chi connectivity index (χ1v) is 7.85. The summed E-state index contributed by atoms with van der Waals surface area (Å²) in [6.45, 7) is 0. The largest absolute Gasteiger partial charge is 0.326 e. The number of carbonyl (C=O) groups excluding carboxylic acids is 1. The van der Waals surface area contributed by atoms with Gasteiger partial charge in [-0.05, 0) is 40.3 Å². The van der Waals surface area contributed by atoms with E-state index in [9.17, 15) is 4.79 Å². The number of halogens is 2. The lowest BCUT2D eigenvalue weighted by Crippen LogP contribution is -2.14. The van der Waals surface area contributed by atoms with Crippen LogP contribution in [-0.4, -0.2) is 26.1 Å². The number of hydrogen-bond donors (Lipinski definition) is 1. The van der Waals surface area contributed by atoms with Crippen molar-refractivity contribution in [2.45, 2.75) is 6.42 Å². The zero-order valence-corrected chi connectivity index (χ0v) is 14.2. The maximum Gasteiger partial charge on any atom is 0.228 e. The molecule has 6 nitrogen and oxygen atoms in total. The van der Waals surface area contributed by atoms with Crippen LogP contribution in [0.4, 0.5) is 5.69 Å². The number of nitrogens with one attached hydrogen (secondary N) is 1. The number of hydrogen-bond acceptors (Lipinski definition) is 4. The van der Waals surface area contributed by atoms with Gasteiger partial charge in [-0.1, -0.05) is 41.4 Å². The molecule has 0 aliphatic rings. The number of amides is 1. The Kier molecular flexibility index (Phi) is 4.78. The number of carbonyl (C=O) groups is 1. The fourth-order valence-electron chi connectivity index (χ4n) is 2.25. The second kappa shape index (κ2) is 6.98. The van der Waals surface area contributed by atoms with Crippen molar-refractivity contribution in [2.75, 3.05) is 5.32 Å². The number of aryl methyl sites for hydroxylation is 1. The first-order valence-electron chi connectivity index (χ1n) is 7.09. The van der Waals surface area contributed by atoms with Crippen molar-refractivity contribution in [3.05, 3.63) is 58.1 Å². The lowest BCUT2D eigenvalue weighted by Gasteiger charge is -2.08. The molecular weight excluding hydrogens is 349 g/mol. The Hall–Kier alpha value is -2.44. The predicted octanol–water partition coefficient (Wildman–Crippen LogP) is 3.37. The van der Waals surface area contributed by atoms with Crippen LogP contribution in [0.5, 0.6) is 0 Å². The Morgan fingerprint density at radius 1 is 1.21 bits per heavy atom. The average Bonchev–Trinajstić information content (AvgIpc) is 2.96. The molecule has 1 aromatic heterocycles. The van der Waals surface area contributed by atoms with Crippen molar-refractivity contribution in [1.29, 1.82) is 0 Å². The maximum absolute atomic E-state index is 12.2. The predicted molar refractivity (Wildman–Crippen MR) is 93.0 cm³/mol. The van der Waals surface area contributed by atoms with Gasteiger partial charge < -0.3 is 5.32 Å². The Labute approximate surface area is 148 Å². The van der Waals surface area contributed by atoms with Crippen molar-refractivity contribution in [1.82, 2.24) is 20.2 Å². The molecule has 0 aliphatic carbocycles. The second-order valence-corrected chi connectivity index (χ2v) is 6.01. The summed E-state index contributed by atoms with van der Waals surface area (Å²) in [4.78, 5) is 12.2. The Morgan fingerprint density at radius 2 is 2.04 bits per heavy atom. The lowest BCUT2D eigenvalue weighted by atomic mass is 10.1. The number of benzene rings is 2. The standard InChI is InChI=1S/C16H13Cl2N5O/c1-23-16(20-21-22-23)11-3-2-4-13(7-11)19-15(24)8-10-5-6-12(17)9-14(10)18/h2-7,9H,8H2,1H3,(H,19,24). The molecule has 0 saturated carbocycles. The van der Waals surface area contributed by atoms with Crippen molar-refractivity contribution >= 4 is 34.8 Å². The van der Waals surface area contributed by atoms with Crippen LogP contribution in [0, 0.1) is 0 Å². The zero-order chi connectivity index (χ0) is 17.1. The van der Waals surface area contributed by atoms with Crippen molar-refractivity contribution in [3.8, 4) is 11.4 Å². The molecule has 0 unspecified atom stereocenters. The molecule has 0 aliphatic heterocycles. The van der Waals surface area contributed by atoms with Crippen LogP contribution >= 0.6 is 23.2 Å². The van der Waals surface area contributed by atoms with Gasteiger partial charge in [0.1, 0.15) is 0 Å². The lowest BCUT2D eigenvalue weighted by molar-refractivity contribution is -0.115. The van der Waals surface area contributed by atoms with Gasteiger partial charge in [-0.25, -0.2) is 4.68 Å². The van der Waals surface area contributed by atoms with Gasteiger partial charge in [0.05, 0.1) is 6.42 Å². The molecule has 1 N–H and O–H groups in total. The van der Waals surface area contributed by atoms with E-state index in [-0.39, 0.29) is 12.3 Å². The molecule has 0 spiro atoms. The fraction of sp³-hybridized carbons (Fsp3) is 0.125. The highest BCUT2D eigenvalue weighted by Gasteiger charge is 2.10. The minimum Gasteiger partial charge on any atom is -0.326 e. The van der Waals surface area contributed by atoms with E-state index in [2.05, 4.69) is 20.8 Å². The fourth-order valence-corrected chi connectivity index (χ4v) is 2.73. The molecule has 0 fully saturated rings. The number of aromatic nitrogens is 4. The Bertz CT molecular complexity index is 894. The summed E-state index contributed by atoms with van der Waals surface area (Å²) in [6, 6.07) is 12.4. The summed E-state index contributed by atoms with van der Waals surface area (Å²) in [7, 11) is 1.75. The molecule has 1 heterocycles. The van der Waals surface area contributed by atoms with Gasteiger partial charge in [-0.2, -0.15) is 0 Å². The number of anilines is 1.